The van der Waals surface area contributed by atoms with Crippen molar-refractivity contribution in [3.05, 3.63) is 71.8 Å². The number of rotatable bonds is 15. The number of carbonyl (C=O) groups is 5. The highest BCUT2D eigenvalue weighted by atomic mass is 16.4. The molecule has 2 fully saturated rings. The Morgan fingerprint density at radius 2 is 1.59 bits per heavy atom. The van der Waals surface area contributed by atoms with Crippen LogP contribution in [0, 0.1) is 5.41 Å². The van der Waals surface area contributed by atoms with Gasteiger partial charge in [0.2, 0.25) is 23.6 Å². The van der Waals surface area contributed by atoms with E-state index in [1.54, 1.807) is 4.90 Å². The maximum Gasteiger partial charge on any atom is 0.305 e. The second kappa shape index (κ2) is 16.4. The summed E-state index contributed by atoms with van der Waals surface area (Å²) in [4.78, 5) is 66.7. The predicted octanol–water partition coefficient (Wildman–Crippen LogP) is 0.818. The highest BCUT2D eigenvalue weighted by molar-refractivity contribution is 5.95. The first kappa shape index (κ1) is 33.9. The normalized spacial score (nSPS) is 20.1. The van der Waals surface area contributed by atoms with Crippen LogP contribution in [0.3, 0.4) is 0 Å². The number of guanidine groups is 1. The molecule has 3 unspecified atom stereocenters. The van der Waals surface area contributed by atoms with Gasteiger partial charge in [0, 0.05) is 18.6 Å². The molecule has 0 saturated carbocycles. The molecule has 0 bridgehead atoms. The third-order valence-corrected chi connectivity index (χ3v) is 8.40. The fourth-order valence-electron chi connectivity index (χ4n) is 6.23. The highest BCUT2D eigenvalue weighted by Crippen LogP contribution is 2.33. The summed E-state index contributed by atoms with van der Waals surface area (Å²) in [5.74, 6) is -2.90. The van der Waals surface area contributed by atoms with Crippen LogP contribution in [0.25, 0.3) is 0 Å². The molecule has 0 radical (unpaired) electrons. The lowest BCUT2D eigenvalue weighted by molar-refractivity contribution is -0.146. The molecule has 13 nitrogen and oxygen atoms in total. The van der Waals surface area contributed by atoms with Gasteiger partial charge in [-0.05, 0) is 56.1 Å². The number of amides is 4. The lowest BCUT2D eigenvalue weighted by atomic mass is 9.97. The maximum atomic E-state index is 13.7. The van der Waals surface area contributed by atoms with E-state index in [1.165, 1.54) is 0 Å². The minimum Gasteiger partial charge on any atom is -0.481 e. The Kier molecular flexibility index (Phi) is 12.1. The van der Waals surface area contributed by atoms with Crippen LogP contribution in [0.1, 0.15) is 56.1 Å². The largest absolute Gasteiger partial charge is 0.481 e. The van der Waals surface area contributed by atoms with E-state index in [2.05, 4.69) is 21.3 Å². The summed E-state index contributed by atoms with van der Waals surface area (Å²) < 4.78 is 0. The third kappa shape index (κ3) is 9.78. The molecule has 4 amide bonds. The summed E-state index contributed by atoms with van der Waals surface area (Å²) >= 11 is 0. The molecule has 0 aromatic heterocycles. The Balaban J connectivity index is 1.42. The van der Waals surface area contributed by atoms with Crippen molar-refractivity contribution in [2.45, 2.75) is 88.0 Å². The van der Waals surface area contributed by atoms with Crippen molar-refractivity contribution in [2.24, 2.45) is 5.73 Å². The van der Waals surface area contributed by atoms with E-state index in [1.807, 2.05) is 60.7 Å². The number of nitrogens with two attached hydrogens (primary N) is 1. The maximum absolute atomic E-state index is 13.7. The molecule has 8 N–H and O–H groups in total. The molecule has 2 heterocycles. The van der Waals surface area contributed by atoms with Crippen LogP contribution in [0.15, 0.2) is 60.7 Å². The van der Waals surface area contributed by atoms with Gasteiger partial charge in [-0.3, -0.25) is 29.4 Å². The zero-order valence-electron chi connectivity index (χ0n) is 25.7. The molecule has 5 atom stereocenters. The van der Waals surface area contributed by atoms with E-state index >= 15 is 0 Å². The number of nitrogens with one attached hydrogen (secondary N) is 5. The van der Waals surface area contributed by atoms with Crippen LogP contribution >= 0.6 is 0 Å². The molecule has 2 saturated heterocycles. The minimum absolute atomic E-state index is 0.136. The fourth-order valence-corrected chi connectivity index (χ4v) is 6.23. The molecule has 4 rings (SSSR count). The van der Waals surface area contributed by atoms with Crippen LogP contribution in [0.2, 0.25) is 0 Å². The standard InChI is InChI=1S/C33H43N7O6/c34-33(35)36-17-7-12-25(30(44)37-23(20-29(42)43)18-21-8-3-1-4-9-21)39-31(45)27-16-14-24-13-15-26(32(46)40(24)27)38-28(41)19-22-10-5-2-6-11-22/h1-6,8-11,23-27H,7,12-20H2,(H,37,44)(H,38,41)(H,39,45)(H,42,43)(H4,34,35,36)/t23-,24-,25?,26?,27?/m0/s1. The Bertz CT molecular complexity index is 1390. The van der Waals surface area contributed by atoms with Crippen LogP contribution in [-0.4, -0.2) is 82.3 Å². The zero-order valence-corrected chi connectivity index (χ0v) is 25.7. The Hall–Kier alpha value is -4.94. The highest BCUT2D eigenvalue weighted by Gasteiger charge is 2.46. The summed E-state index contributed by atoms with van der Waals surface area (Å²) in [6.45, 7) is 0.290. The molecule has 246 valence electrons. The monoisotopic (exact) mass is 633 g/mol. The second-order valence-electron chi connectivity index (χ2n) is 11.9. The van der Waals surface area contributed by atoms with Crippen molar-refractivity contribution in [1.29, 1.82) is 5.41 Å². The SMILES string of the molecule is N=C(N)NCCCC(NC(=O)C1CC[C@@H]2CCC(NC(=O)Cc3ccccc3)C(=O)N12)C(=O)N[C@H](CC(=O)O)Cc1ccccc1. The Morgan fingerprint density at radius 1 is 0.935 bits per heavy atom. The number of hydrogen-bond acceptors (Lipinski definition) is 6. The molecular formula is C33H43N7O6. The summed E-state index contributed by atoms with van der Waals surface area (Å²) in [6, 6.07) is 15.0. The van der Waals surface area contributed by atoms with Crippen molar-refractivity contribution in [2.75, 3.05) is 6.54 Å². The van der Waals surface area contributed by atoms with Crippen LogP contribution < -0.4 is 27.0 Å². The average molecular weight is 634 g/mol. The van der Waals surface area contributed by atoms with Crippen molar-refractivity contribution in [3.8, 4) is 0 Å². The topological polar surface area (TPSA) is 207 Å². The first-order valence-corrected chi connectivity index (χ1v) is 15.7. The number of carboxylic acids is 1. The lowest BCUT2D eigenvalue weighted by Crippen LogP contribution is -2.60. The second-order valence-corrected chi connectivity index (χ2v) is 11.9. The van der Waals surface area contributed by atoms with Crippen LogP contribution in [-0.2, 0) is 36.8 Å². The average Bonchev–Trinajstić information content (AvgIpc) is 3.46. The number of nitrogens with zero attached hydrogens (tertiary/aromatic N) is 1. The molecule has 13 heteroatoms. The number of aliphatic carboxylic acids is 1. The van der Waals surface area contributed by atoms with Gasteiger partial charge in [0.15, 0.2) is 5.96 Å². The molecule has 2 aliphatic rings. The van der Waals surface area contributed by atoms with Gasteiger partial charge < -0.3 is 37.0 Å². The number of benzene rings is 2. The summed E-state index contributed by atoms with van der Waals surface area (Å²) in [6.07, 6.45) is 2.86. The van der Waals surface area contributed by atoms with Crippen molar-refractivity contribution in [1.82, 2.24) is 26.2 Å². The fraction of sp³-hybridized carbons (Fsp3) is 0.455. The van der Waals surface area contributed by atoms with E-state index in [0.717, 1.165) is 11.1 Å². The van der Waals surface area contributed by atoms with Crippen molar-refractivity contribution in [3.63, 3.8) is 0 Å². The first-order chi connectivity index (χ1) is 22.1. The number of carbonyl (C=O) groups excluding carboxylic acids is 4. The number of hydrogen-bond donors (Lipinski definition) is 7. The zero-order chi connectivity index (χ0) is 33.1. The van der Waals surface area contributed by atoms with Gasteiger partial charge in [0.1, 0.15) is 18.1 Å². The van der Waals surface area contributed by atoms with E-state index in [4.69, 9.17) is 11.1 Å². The van der Waals surface area contributed by atoms with E-state index < -0.39 is 42.0 Å². The van der Waals surface area contributed by atoms with Gasteiger partial charge in [-0.2, -0.15) is 0 Å². The molecule has 0 aliphatic carbocycles. The summed E-state index contributed by atoms with van der Waals surface area (Å²) in [5.41, 5.74) is 7.06. The van der Waals surface area contributed by atoms with Crippen molar-refractivity contribution < 1.29 is 29.1 Å². The van der Waals surface area contributed by atoms with Gasteiger partial charge in [0.05, 0.1) is 12.8 Å². The predicted molar refractivity (Wildman–Crippen MR) is 170 cm³/mol. The number of fused-ring (bicyclic) bond motifs is 1. The third-order valence-electron chi connectivity index (χ3n) is 8.40. The molecule has 2 aliphatic heterocycles. The van der Waals surface area contributed by atoms with E-state index in [9.17, 15) is 29.1 Å². The first-order valence-electron chi connectivity index (χ1n) is 15.7. The molecule has 2 aromatic carbocycles. The Labute approximate surface area is 268 Å². The minimum atomic E-state index is -1.07. The molecule has 46 heavy (non-hydrogen) atoms. The van der Waals surface area contributed by atoms with Gasteiger partial charge in [-0.1, -0.05) is 60.7 Å². The summed E-state index contributed by atoms with van der Waals surface area (Å²) in [5, 5.41) is 28.0. The van der Waals surface area contributed by atoms with Gasteiger partial charge in [-0.15, -0.1) is 0 Å². The quantitative estimate of drug-likeness (QED) is 0.0847. The molecule has 0 spiro atoms. The Morgan fingerprint density at radius 3 is 2.24 bits per heavy atom. The lowest BCUT2D eigenvalue weighted by Gasteiger charge is -2.38. The van der Waals surface area contributed by atoms with Gasteiger partial charge in [-0.25, -0.2) is 0 Å². The van der Waals surface area contributed by atoms with Crippen LogP contribution in [0.4, 0.5) is 0 Å². The van der Waals surface area contributed by atoms with E-state index in [0.29, 0.717) is 32.1 Å². The number of piperidine rings is 1. The molecular weight excluding hydrogens is 590 g/mol. The smallest absolute Gasteiger partial charge is 0.305 e. The van der Waals surface area contributed by atoms with Crippen LogP contribution in [0.5, 0.6) is 0 Å². The van der Waals surface area contributed by atoms with E-state index in [-0.39, 0.29) is 56.0 Å². The van der Waals surface area contributed by atoms with Crippen molar-refractivity contribution >= 4 is 35.6 Å². The van der Waals surface area contributed by atoms with Gasteiger partial charge in [0.25, 0.3) is 0 Å². The van der Waals surface area contributed by atoms with Gasteiger partial charge >= 0.3 is 5.97 Å². The summed E-state index contributed by atoms with van der Waals surface area (Å²) in [7, 11) is 0. The number of carboxylic acid groups (broad SMARTS) is 1. The molecule has 2 aromatic rings.